The first-order valence-electron chi connectivity index (χ1n) is 8.53. The maximum absolute atomic E-state index is 12.4. The zero-order valence-corrected chi connectivity index (χ0v) is 14.6. The van der Waals surface area contributed by atoms with Crippen LogP contribution < -0.4 is 14.8 Å². The van der Waals surface area contributed by atoms with Crippen molar-refractivity contribution in [2.75, 3.05) is 26.3 Å². The molecule has 1 aliphatic rings. The van der Waals surface area contributed by atoms with E-state index in [4.69, 9.17) is 9.47 Å². The van der Waals surface area contributed by atoms with E-state index in [0.29, 0.717) is 43.2 Å². The number of rotatable bonds is 8. The second-order valence-corrected chi connectivity index (χ2v) is 5.85. The minimum Gasteiger partial charge on any atom is -0.490 e. The number of carbonyl (C=O) groups is 2. The zero-order valence-electron chi connectivity index (χ0n) is 14.6. The fraction of sp³-hybridized carbons (Fsp3) is 0.556. The number of likely N-dealkylation sites (tertiary alicyclic amines) is 1. The molecule has 6 heteroatoms. The summed E-state index contributed by atoms with van der Waals surface area (Å²) in [6.45, 7) is 8.04. The Hall–Kier alpha value is -2.24. The molecule has 0 saturated carbocycles. The molecule has 1 aromatic carbocycles. The molecular formula is C18H26N2O4. The third-order valence-corrected chi connectivity index (χ3v) is 3.85. The molecule has 1 fully saturated rings. The summed E-state index contributed by atoms with van der Waals surface area (Å²) in [6, 6.07) is 5.05. The normalized spacial score (nSPS) is 15.3. The first kappa shape index (κ1) is 18.1. The summed E-state index contributed by atoms with van der Waals surface area (Å²) in [7, 11) is 0. The molecule has 24 heavy (non-hydrogen) atoms. The lowest BCUT2D eigenvalue weighted by molar-refractivity contribution is -0.127. The van der Waals surface area contributed by atoms with Crippen molar-refractivity contribution in [1.82, 2.24) is 10.2 Å². The van der Waals surface area contributed by atoms with Crippen LogP contribution in [0.1, 0.15) is 44.0 Å². The molecule has 1 aromatic rings. The van der Waals surface area contributed by atoms with Crippen LogP contribution in [0.3, 0.4) is 0 Å². The van der Waals surface area contributed by atoms with Gasteiger partial charge in [0.25, 0.3) is 5.91 Å². The molecule has 2 rings (SSSR count). The summed E-state index contributed by atoms with van der Waals surface area (Å²) >= 11 is 0. The second kappa shape index (κ2) is 8.57. The zero-order chi connectivity index (χ0) is 17.5. The average molecular weight is 334 g/mol. The van der Waals surface area contributed by atoms with Gasteiger partial charge in [-0.15, -0.1) is 0 Å². The molecule has 0 aromatic heterocycles. The van der Waals surface area contributed by atoms with E-state index in [9.17, 15) is 9.59 Å². The van der Waals surface area contributed by atoms with Crippen molar-refractivity contribution in [2.45, 2.75) is 39.7 Å². The number of hydrogen-bond acceptors (Lipinski definition) is 4. The monoisotopic (exact) mass is 334 g/mol. The van der Waals surface area contributed by atoms with Gasteiger partial charge in [0.15, 0.2) is 11.5 Å². The summed E-state index contributed by atoms with van der Waals surface area (Å²) in [5.74, 6) is 1.18. The van der Waals surface area contributed by atoms with Gasteiger partial charge in [-0.1, -0.05) is 0 Å². The van der Waals surface area contributed by atoms with Crippen molar-refractivity contribution >= 4 is 11.8 Å². The molecule has 0 spiro atoms. The number of ether oxygens (including phenoxy) is 2. The predicted octanol–water partition coefficient (Wildman–Crippen LogP) is 2.22. The summed E-state index contributed by atoms with van der Waals surface area (Å²) < 4.78 is 11.1. The van der Waals surface area contributed by atoms with Crippen LogP contribution in [0, 0.1) is 0 Å². The average Bonchev–Trinajstić information content (AvgIpc) is 2.94. The van der Waals surface area contributed by atoms with Crippen LogP contribution in [-0.4, -0.2) is 49.1 Å². The first-order chi connectivity index (χ1) is 11.5. The van der Waals surface area contributed by atoms with E-state index in [1.54, 1.807) is 23.1 Å². The number of amides is 2. The Morgan fingerprint density at radius 2 is 1.96 bits per heavy atom. The van der Waals surface area contributed by atoms with Crippen LogP contribution in [0.2, 0.25) is 0 Å². The van der Waals surface area contributed by atoms with Crippen molar-refractivity contribution in [1.29, 1.82) is 0 Å². The molecule has 132 valence electrons. The number of hydrogen-bond donors (Lipinski definition) is 1. The lowest BCUT2D eigenvalue weighted by atomic mass is 10.1. The molecule has 0 aliphatic carbocycles. The molecule has 1 atom stereocenters. The van der Waals surface area contributed by atoms with Crippen molar-refractivity contribution in [2.24, 2.45) is 0 Å². The largest absolute Gasteiger partial charge is 0.490 e. The van der Waals surface area contributed by atoms with E-state index in [0.717, 1.165) is 13.0 Å². The second-order valence-electron chi connectivity index (χ2n) is 5.85. The molecule has 1 unspecified atom stereocenters. The minimum atomic E-state index is -0.182. The lowest BCUT2D eigenvalue weighted by Crippen LogP contribution is -2.42. The smallest absolute Gasteiger partial charge is 0.251 e. The third-order valence-electron chi connectivity index (χ3n) is 3.85. The standard InChI is InChI=1S/C18H26N2O4/c1-4-23-15-9-8-14(11-16(15)24-5-2)18(22)19-13(3)12-20-10-6-7-17(20)21/h8-9,11,13H,4-7,10,12H2,1-3H3,(H,19,22). The molecule has 1 heterocycles. The Labute approximate surface area is 143 Å². The van der Waals surface area contributed by atoms with Gasteiger partial charge in [0, 0.05) is 31.1 Å². The van der Waals surface area contributed by atoms with Crippen molar-refractivity contribution < 1.29 is 19.1 Å². The van der Waals surface area contributed by atoms with Crippen molar-refractivity contribution in [3.8, 4) is 11.5 Å². The third kappa shape index (κ3) is 4.63. The molecular weight excluding hydrogens is 308 g/mol. The summed E-state index contributed by atoms with van der Waals surface area (Å²) in [6.07, 6.45) is 1.51. The summed E-state index contributed by atoms with van der Waals surface area (Å²) in [5.41, 5.74) is 0.515. The Balaban J connectivity index is 2.00. The Bertz CT molecular complexity index is 588. The number of benzene rings is 1. The Morgan fingerprint density at radius 3 is 2.58 bits per heavy atom. The van der Waals surface area contributed by atoms with E-state index in [2.05, 4.69) is 5.32 Å². The van der Waals surface area contributed by atoms with Crippen LogP contribution >= 0.6 is 0 Å². The van der Waals surface area contributed by atoms with Crippen LogP contribution in [0.25, 0.3) is 0 Å². The number of carbonyl (C=O) groups excluding carboxylic acids is 2. The van der Waals surface area contributed by atoms with Crippen molar-refractivity contribution in [3.05, 3.63) is 23.8 Å². The molecule has 0 radical (unpaired) electrons. The highest BCUT2D eigenvalue weighted by Crippen LogP contribution is 2.28. The van der Waals surface area contributed by atoms with Gasteiger partial charge in [0.05, 0.1) is 13.2 Å². The minimum absolute atomic E-state index is 0.110. The SMILES string of the molecule is CCOc1ccc(C(=O)NC(C)CN2CCCC2=O)cc1OCC. The fourth-order valence-electron chi connectivity index (χ4n) is 2.77. The lowest BCUT2D eigenvalue weighted by Gasteiger charge is -2.22. The molecule has 1 N–H and O–H groups in total. The number of nitrogens with one attached hydrogen (secondary N) is 1. The Kier molecular flexibility index (Phi) is 6.46. The highest BCUT2D eigenvalue weighted by molar-refractivity contribution is 5.95. The van der Waals surface area contributed by atoms with E-state index in [1.807, 2.05) is 20.8 Å². The quantitative estimate of drug-likeness (QED) is 0.791. The van der Waals surface area contributed by atoms with Gasteiger partial charge in [0.1, 0.15) is 0 Å². The van der Waals surface area contributed by atoms with E-state index < -0.39 is 0 Å². The van der Waals surface area contributed by atoms with Crippen LogP contribution in [0.15, 0.2) is 18.2 Å². The summed E-state index contributed by atoms with van der Waals surface area (Å²) in [5, 5.41) is 2.94. The molecule has 0 bridgehead atoms. The van der Waals surface area contributed by atoms with Gasteiger partial charge < -0.3 is 19.7 Å². The maximum Gasteiger partial charge on any atom is 0.251 e. The highest BCUT2D eigenvalue weighted by atomic mass is 16.5. The molecule has 1 saturated heterocycles. The van der Waals surface area contributed by atoms with Gasteiger partial charge in [-0.3, -0.25) is 9.59 Å². The van der Waals surface area contributed by atoms with Gasteiger partial charge in [-0.25, -0.2) is 0 Å². The van der Waals surface area contributed by atoms with Crippen LogP contribution in [0.4, 0.5) is 0 Å². The maximum atomic E-state index is 12.4. The Morgan fingerprint density at radius 1 is 1.25 bits per heavy atom. The van der Waals surface area contributed by atoms with Gasteiger partial charge in [-0.2, -0.15) is 0 Å². The molecule has 1 aliphatic heterocycles. The van der Waals surface area contributed by atoms with E-state index in [-0.39, 0.29) is 17.9 Å². The fourth-order valence-corrected chi connectivity index (χ4v) is 2.77. The molecule has 6 nitrogen and oxygen atoms in total. The van der Waals surface area contributed by atoms with E-state index in [1.165, 1.54) is 0 Å². The topological polar surface area (TPSA) is 67.9 Å². The number of nitrogens with zero attached hydrogens (tertiary/aromatic N) is 1. The molecule has 2 amide bonds. The van der Waals surface area contributed by atoms with E-state index >= 15 is 0 Å². The van der Waals surface area contributed by atoms with Crippen LogP contribution in [-0.2, 0) is 4.79 Å². The van der Waals surface area contributed by atoms with Gasteiger partial charge >= 0.3 is 0 Å². The highest BCUT2D eigenvalue weighted by Gasteiger charge is 2.22. The summed E-state index contributed by atoms with van der Waals surface area (Å²) in [4.78, 5) is 25.9. The predicted molar refractivity (Wildman–Crippen MR) is 91.5 cm³/mol. The van der Waals surface area contributed by atoms with Gasteiger partial charge in [0.2, 0.25) is 5.91 Å². The first-order valence-corrected chi connectivity index (χ1v) is 8.53. The van der Waals surface area contributed by atoms with Crippen LogP contribution in [0.5, 0.6) is 11.5 Å². The van der Waals surface area contributed by atoms with Crippen molar-refractivity contribution in [3.63, 3.8) is 0 Å². The van der Waals surface area contributed by atoms with Gasteiger partial charge in [-0.05, 0) is 45.4 Å².